The molecule has 0 aliphatic heterocycles. The van der Waals surface area contributed by atoms with Crippen molar-refractivity contribution >= 4 is 23.2 Å². The lowest BCUT2D eigenvalue weighted by Crippen LogP contribution is -2.31. The molecule has 0 unspecified atom stereocenters. The average molecular weight is 549 g/mol. The van der Waals surface area contributed by atoms with Crippen LogP contribution in [-0.4, -0.2) is 51.8 Å². The number of ether oxygens (including phenoxy) is 1. The molecule has 0 N–H and O–H groups in total. The van der Waals surface area contributed by atoms with Crippen molar-refractivity contribution in [2.75, 3.05) is 26.4 Å². The summed E-state index contributed by atoms with van der Waals surface area (Å²) in [6.07, 6.45) is -4.93. The van der Waals surface area contributed by atoms with Crippen LogP contribution in [0, 0.1) is 0 Å². The van der Waals surface area contributed by atoms with Gasteiger partial charge in [-0.1, -0.05) is 23.7 Å². The van der Waals surface area contributed by atoms with Gasteiger partial charge in [0.05, 0.1) is 17.8 Å². The molecule has 0 radical (unpaired) electrons. The van der Waals surface area contributed by atoms with Gasteiger partial charge in [-0.25, -0.2) is 13.9 Å². The van der Waals surface area contributed by atoms with Crippen LogP contribution in [0.1, 0.15) is 25.1 Å². The smallest absolute Gasteiger partial charge is 0.433 e. The Morgan fingerprint density at radius 2 is 1.66 bits per heavy atom. The lowest BCUT2D eigenvalue weighted by Gasteiger charge is -2.18. The first-order valence-corrected chi connectivity index (χ1v) is 12.4. The lowest BCUT2D eigenvalue weighted by molar-refractivity contribution is -0.141. The van der Waals surface area contributed by atoms with Gasteiger partial charge in [0.25, 0.3) is 0 Å². The van der Waals surface area contributed by atoms with Crippen molar-refractivity contribution in [1.82, 2.24) is 19.5 Å². The molecule has 11 heteroatoms. The standard InChI is InChI=1S/C27H25ClF4N4O2/c1-3-35(4-2)24(37)15-21-25(18-7-11-20(12-8-18)38-14-13-29)34-36-22(17-5-9-19(28)10-6-17)16-23(27(30,31)32)33-26(21)36/h5-12,16H,3-4,13-15H2,1-2H3. The number of fused-ring (bicyclic) bond motifs is 1. The lowest BCUT2D eigenvalue weighted by atomic mass is 10.0. The number of alkyl halides is 4. The molecule has 6 nitrogen and oxygen atoms in total. The monoisotopic (exact) mass is 548 g/mol. The highest BCUT2D eigenvalue weighted by molar-refractivity contribution is 6.30. The number of likely N-dealkylation sites (N-methyl/N-ethyl adjacent to an activating group) is 1. The van der Waals surface area contributed by atoms with Crippen LogP contribution in [0.3, 0.4) is 0 Å². The van der Waals surface area contributed by atoms with Gasteiger partial charge in [-0.15, -0.1) is 0 Å². The van der Waals surface area contributed by atoms with Gasteiger partial charge in [0.2, 0.25) is 5.91 Å². The molecule has 200 valence electrons. The molecule has 0 fully saturated rings. The third-order valence-corrected chi connectivity index (χ3v) is 6.28. The molecule has 4 aromatic rings. The molecule has 0 spiro atoms. The summed E-state index contributed by atoms with van der Waals surface area (Å²) in [6, 6.07) is 13.8. The first kappa shape index (κ1) is 27.4. The van der Waals surface area contributed by atoms with Gasteiger partial charge in [0.15, 0.2) is 5.65 Å². The van der Waals surface area contributed by atoms with Gasteiger partial charge in [-0.05, 0) is 56.3 Å². The van der Waals surface area contributed by atoms with Gasteiger partial charge >= 0.3 is 6.18 Å². The molecular weight excluding hydrogens is 524 g/mol. The number of aromatic nitrogens is 3. The third-order valence-electron chi connectivity index (χ3n) is 6.03. The van der Waals surface area contributed by atoms with Crippen LogP contribution in [0.25, 0.3) is 28.2 Å². The van der Waals surface area contributed by atoms with E-state index in [1.54, 1.807) is 53.4 Å². The Balaban J connectivity index is 1.97. The van der Waals surface area contributed by atoms with E-state index < -0.39 is 18.5 Å². The second kappa shape index (κ2) is 11.4. The van der Waals surface area contributed by atoms with E-state index in [2.05, 4.69) is 10.1 Å². The molecule has 0 atom stereocenters. The van der Waals surface area contributed by atoms with Crippen molar-refractivity contribution in [1.29, 1.82) is 0 Å². The molecule has 0 saturated carbocycles. The zero-order valence-electron chi connectivity index (χ0n) is 20.7. The van der Waals surface area contributed by atoms with Crippen LogP contribution in [-0.2, 0) is 17.4 Å². The molecule has 0 aliphatic rings. The average Bonchev–Trinajstić information content (AvgIpc) is 3.26. The third kappa shape index (κ3) is 5.75. The van der Waals surface area contributed by atoms with Crippen LogP contribution in [0.2, 0.25) is 5.02 Å². The topological polar surface area (TPSA) is 59.7 Å². The minimum atomic E-state index is -4.73. The molecule has 1 amide bonds. The van der Waals surface area contributed by atoms with Crippen molar-refractivity contribution in [3.63, 3.8) is 0 Å². The Kier molecular flexibility index (Phi) is 8.20. The number of carbonyl (C=O) groups excluding carboxylic acids is 1. The van der Waals surface area contributed by atoms with E-state index in [0.29, 0.717) is 40.7 Å². The van der Waals surface area contributed by atoms with Crippen molar-refractivity contribution < 1.29 is 27.1 Å². The molecule has 0 aliphatic carbocycles. The van der Waals surface area contributed by atoms with E-state index in [0.717, 1.165) is 6.07 Å². The highest BCUT2D eigenvalue weighted by Crippen LogP contribution is 2.35. The fraction of sp³-hybridized carbons (Fsp3) is 0.296. The second-order valence-corrected chi connectivity index (χ2v) is 8.83. The maximum Gasteiger partial charge on any atom is 0.433 e. The van der Waals surface area contributed by atoms with Crippen LogP contribution in [0.15, 0.2) is 54.6 Å². The van der Waals surface area contributed by atoms with E-state index in [9.17, 15) is 22.4 Å². The quantitative estimate of drug-likeness (QED) is 0.224. The van der Waals surface area contributed by atoms with Crippen molar-refractivity contribution in [2.45, 2.75) is 26.4 Å². The van der Waals surface area contributed by atoms with Crippen LogP contribution >= 0.6 is 11.6 Å². The number of hydrogen-bond acceptors (Lipinski definition) is 4. The number of amides is 1. The van der Waals surface area contributed by atoms with Crippen LogP contribution in [0.5, 0.6) is 5.75 Å². The van der Waals surface area contributed by atoms with Crippen molar-refractivity contribution in [3.8, 4) is 28.3 Å². The predicted molar refractivity (Wildman–Crippen MR) is 137 cm³/mol. The van der Waals surface area contributed by atoms with E-state index in [1.165, 1.54) is 4.52 Å². The van der Waals surface area contributed by atoms with E-state index in [4.69, 9.17) is 16.3 Å². The largest absolute Gasteiger partial charge is 0.491 e. The summed E-state index contributed by atoms with van der Waals surface area (Å²) in [5.41, 5.74) is 0.528. The maximum absolute atomic E-state index is 14.0. The summed E-state index contributed by atoms with van der Waals surface area (Å²) in [5, 5.41) is 5.07. The van der Waals surface area contributed by atoms with Crippen molar-refractivity contribution in [2.24, 2.45) is 0 Å². The van der Waals surface area contributed by atoms with Gasteiger partial charge in [0.1, 0.15) is 24.7 Å². The summed E-state index contributed by atoms with van der Waals surface area (Å²) >= 11 is 6.00. The molecule has 2 aromatic carbocycles. The Hall–Kier alpha value is -3.66. The SMILES string of the molecule is CCN(CC)C(=O)Cc1c(-c2ccc(OCCF)cc2)nn2c(-c3ccc(Cl)cc3)cc(C(F)(F)F)nc12. The van der Waals surface area contributed by atoms with Crippen LogP contribution < -0.4 is 4.74 Å². The first-order chi connectivity index (χ1) is 18.2. The fourth-order valence-corrected chi connectivity index (χ4v) is 4.26. The van der Waals surface area contributed by atoms with E-state index >= 15 is 0 Å². The Morgan fingerprint density at radius 1 is 1.03 bits per heavy atom. The highest BCUT2D eigenvalue weighted by Gasteiger charge is 2.35. The Morgan fingerprint density at radius 3 is 2.24 bits per heavy atom. The molecule has 2 aromatic heterocycles. The number of nitrogens with zero attached hydrogens (tertiary/aromatic N) is 4. The summed E-state index contributed by atoms with van der Waals surface area (Å²) in [6.45, 7) is 3.79. The highest BCUT2D eigenvalue weighted by atomic mass is 35.5. The summed E-state index contributed by atoms with van der Waals surface area (Å²) in [4.78, 5) is 18.6. The number of rotatable bonds is 9. The number of halogens is 5. The molecule has 2 heterocycles. The maximum atomic E-state index is 14.0. The van der Waals surface area contributed by atoms with E-state index in [-0.39, 0.29) is 35.8 Å². The predicted octanol–water partition coefficient (Wildman–Crippen LogP) is 6.49. The minimum absolute atomic E-state index is 0.0713. The second-order valence-electron chi connectivity index (χ2n) is 8.40. The van der Waals surface area contributed by atoms with Gasteiger partial charge in [0, 0.05) is 34.8 Å². The van der Waals surface area contributed by atoms with Crippen molar-refractivity contribution in [3.05, 3.63) is 70.9 Å². The number of carbonyl (C=O) groups is 1. The normalized spacial score (nSPS) is 11.7. The Bertz CT molecular complexity index is 1420. The fourth-order valence-electron chi connectivity index (χ4n) is 4.13. The number of hydrogen-bond donors (Lipinski definition) is 0. The molecule has 0 bridgehead atoms. The zero-order chi connectivity index (χ0) is 27.4. The summed E-state index contributed by atoms with van der Waals surface area (Å²) in [7, 11) is 0. The van der Waals surface area contributed by atoms with Gasteiger partial charge in [-0.3, -0.25) is 4.79 Å². The summed E-state index contributed by atoms with van der Waals surface area (Å²) in [5.74, 6) is 0.163. The first-order valence-electron chi connectivity index (χ1n) is 12.0. The van der Waals surface area contributed by atoms with Crippen LogP contribution in [0.4, 0.5) is 17.6 Å². The minimum Gasteiger partial charge on any atom is -0.491 e. The molecule has 38 heavy (non-hydrogen) atoms. The number of benzene rings is 2. The molecule has 4 rings (SSSR count). The Labute approximate surface area is 221 Å². The van der Waals surface area contributed by atoms with Gasteiger partial charge in [-0.2, -0.15) is 18.3 Å². The molecule has 0 saturated heterocycles. The van der Waals surface area contributed by atoms with Gasteiger partial charge < -0.3 is 9.64 Å². The zero-order valence-corrected chi connectivity index (χ0v) is 21.5. The molecular formula is C27H25ClF4N4O2. The van der Waals surface area contributed by atoms with E-state index in [1.807, 2.05) is 13.8 Å². The summed E-state index contributed by atoms with van der Waals surface area (Å²) < 4.78 is 61.0.